The molecular formula is C19H23ClN2O3S. The lowest BCUT2D eigenvalue weighted by atomic mass is 10.0. The molecule has 0 aliphatic heterocycles. The van der Waals surface area contributed by atoms with E-state index >= 15 is 0 Å². The highest BCUT2D eigenvalue weighted by Crippen LogP contribution is 2.22. The van der Waals surface area contributed by atoms with Gasteiger partial charge in [-0.1, -0.05) is 35.9 Å². The van der Waals surface area contributed by atoms with Crippen LogP contribution in [0.4, 0.5) is 0 Å². The minimum atomic E-state index is -3.72. The van der Waals surface area contributed by atoms with Crippen molar-refractivity contribution in [3.63, 3.8) is 0 Å². The van der Waals surface area contributed by atoms with Crippen molar-refractivity contribution in [1.29, 1.82) is 0 Å². The summed E-state index contributed by atoms with van der Waals surface area (Å²) < 4.78 is 22.6. The molecule has 2 N–H and O–H groups in total. The van der Waals surface area contributed by atoms with Gasteiger partial charge in [-0.05, 0) is 55.2 Å². The fourth-order valence-corrected chi connectivity index (χ4v) is 3.31. The fourth-order valence-electron chi connectivity index (χ4n) is 2.60. The topological polar surface area (TPSA) is 80.5 Å². The first-order chi connectivity index (χ1) is 12.1. The maximum Gasteiger partial charge on any atom is 0.238 e. The number of aryl methyl sites for hydroxylation is 2. The number of nitrogens with two attached hydrogens (primary N) is 1. The number of halogens is 1. The van der Waals surface area contributed by atoms with Crippen molar-refractivity contribution in [2.75, 3.05) is 7.05 Å². The maximum absolute atomic E-state index is 12.5. The number of rotatable bonds is 6. The molecule has 1 atom stereocenters. The van der Waals surface area contributed by atoms with E-state index in [0.29, 0.717) is 17.9 Å². The molecule has 26 heavy (non-hydrogen) atoms. The van der Waals surface area contributed by atoms with Crippen LogP contribution >= 0.6 is 11.6 Å². The van der Waals surface area contributed by atoms with Crippen LogP contribution in [0.15, 0.2) is 47.4 Å². The number of hydrogen-bond acceptors (Lipinski definition) is 3. The summed E-state index contributed by atoms with van der Waals surface area (Å²) in [6.45, 7) is 3.83. The van der Waals surface area contributed by atoms with E-state index in [0.717, 1.165) is 16.7 Å². The summed E-state index contributed by atoms with van der Waals surface area (Å²) in [4.78, 5) is 14.2. The Bertz CT molecular complexity index is 896. The van der Waals surface area contributed by atoms with Crippen LogP contribution in [0, 0.1) is 6.92 Å². The Balaban J connectivity index is 2.01. The monoisotopic (exact) mass is 394 g/mol. The highest BCUT2D eigenvalue weighted by atomic mass is 35.5. The Morgan fingerprint density at radius 3 is 2.35 bits per heavy atom. The number of amides is 1. The Morgan fingerprint density at radius 1 is 1.19 bits per heavy atom. The van der Waals surface area contributed by atoms with E-state index in [2.05, 4.69) is 0 Å². The number of hydrogen-bond donors (Lipinski definition) is 1. The number of benzene rings is 2. The molecule has 0 saturated heterocycles. The second kappa shape index (κ2) is 8.20. The Hall–Kier alpha value is -1.89. The molecule has 0 aliphatic rings. The normalized spacial score (nSPS) is 12.7. The lowest BCUT2D eigenvalue weighted by Crippen LogP contribution is -2.29. The molecule has 2 aromatic carbocycles. The summed E-state index contributed by atoms with van der Waals surface area (Å²) in [5.74, 6) is 0.00437. The van der Waals surface area contributed by atoms with E-state index in [-0.39, 0.29) is 16.8 Å². The summed E-state index contributed by atoms with van der Waals surface area (Å²) in [6.07, 6.45) is 0.982. The van der Waals surface area contributed by atoms with Gasteiger partial charge in [-0.3, -0.25) is 4.79 Å². The first-order valence-corrected chi connectivity index (χ1v) is 10.2. The van der Waals surface area contributed by atoms with Crippen LogP contribution < -0.4 is 5.14 Å². The molecule has 0 spiro atoms. The van der Waals surface area contributed by atoms with Crippen LogP contribution in [0.1, 0.15) is 36.1 Å². The summed E-state index contributed by atoms with van der Waals surface area (Å²) in [5.41, 5.74) is 2.87. The summed E-state index contributed by atoms with van der Waals surface area (Å²) in [6, 6.07) is 11.9. The van der Waals surface area contributed by atoms with E-state index in [1.54, 1.807) is 24.1 Å². The van der Waals surface area contributed by atoms with Gasteiger partial charge >= 0.3 is 0 Å². The van der Waals surface area contributed by atoms with Crippen molar-refractivity contribution in [3.05, 3.63) is 64.2 Å². The predicted molar refractivity (Wildman–Crippen MR) is 104 cm³/mol. The van der Waals surface area contributed by atoms with E-state index < -0.39 is 10.0 Å². The molecule has 0 aliphatic carbocycles. The van der Waals surface area contributed by atoms with E-state index in [1.165, 1.54) is 12.1 Å². The molecule has 140 valence electrons. The molecule has 0 fully saturated rings. The minimum absolute atomic E-state index is 0.00437. The Labute approximate surface area is 159 Å². The molecule has 1 unspecified atom stereocenters. The third-order valence-corrected chi connectivity index (χ3v) is 5.87. The zero-order valence-electron chi connectivity index (χ0n) is 15.1. The van der Waals surface area contributed by atoms with Crippen molar-refractivity contribution in [1.82, 2.24) is 4.90 Å². The van der Waals surface area contributed by atoms with Crippen LogP contribution in [-0.4, -0.2) is 26.3 Å². The second-order valence-electron chi connectivity index (χ2n) is 6.38. The summed E-state index contributed by atoms with van der Waals surface area (Å²) >= 11 is 6.12. The first-order valence-electron chi connectivity index (χ1n) is 8.23. The van der Waals surface area contributed by atoms with E-state index in [9.17, 15) is 13.2 Å². The van der Waals surface area contributed by atoms with Crippen LogP contribution in [0.2, 0.25) is 5.02 Å². The van der Waals surface area contributed by atoms with Crippen LogP contribution in [0.3, 0.4) is 0 Å². The second-order valence-corrected chi connectivity index (χ2v) is 8.35. The predicted octanol–water partition coefficient (Wildman–Crippen LogP) is 3.45. The van der Waals surface area contributed by atoms with Gasteiger partial charge in [0.1, 0.15) is 0 Å². The standard InChI is InChI=1S/C19H23ClN2O3S/c1-13-4-5-15(12-18(13)20)6-11-19(23)22(3)14(2)16-7-9-17(10-8-16)26(21,24)25/h4-5,7-10,12,14H,6,11H2,1-3H3,(H2,21,24,25). The fraction of sp³-hybridized carbons (Fsp3) is 0.316. The highest BCUT2D eigenvalue weighted by Gasteiger charge is 2.18. The third-order valence-electron chi connectivity index (χ3n) is 4.53. The van der Waals surface area contributed by atoms with Crippen LogP contribution in [0.25, 0.3) is 0 Å². The molecule has 0 radical (unpaired) electrons. The Kier molecular flexibility index (Phi) is 6.44. The van der Waals surface area contributed by atoms with Gasteiger partial charge in [0.15, 0.2) is 0 Å². The number of nitrogens with zero attached hydrogens (tertiary/aromatic N) is 1. The van der Waals surface area contributed by atoms with Crippen molar-refractivity contribution in [2.24, 2.45) is 5.14 Å². The first kappa shape index (κ1) is 20.4. The van der Waals surface area contributed by atoms with Crippen molar-refractivity contribution >= 4 is 27.5 Å². The number of carbonyl (C=O) groups excluding carboxylic acids is 1. The van der Waals surface area contributed by atoms with Crippen molar-refractivity contribution < 1.29 is 13.2 Å². The molecule has 1 amide bonds. The summed E-state index contributed by atoms with van der Waals surface area (Å²) in [7, 11) is -1.98. The quantitative estimate of drug-likeness (QED) is 0.814. The van der Waals surface area contributed by atoms with Crippen LogP contribution in [0.5, 0.6) is 0 Å². The molecule has 0 aromatic heterocycles. The van der Waals surface area contributed by atoms with Crippen molar-refractivity contribution in [3.8, 4) is 0 Å². The number of carbonyl (C=O) groups is 1. The third kappa shape index (κ3) is 5.06. The molecule has 0 heterocycles. The number of sulfonamides is 1. The average molecular weight is 395 g/mol. The van der Waals surface area contributed by atoms with Gasteiger partial charge in [-0.2, -0.15) is 0 Å². The van der Waals surface area contributed by atoms with Crippen molar-refractivity contribution in [2.45, 2.75) is 37.6 Å². The molecule has 2 aromatic rings. The van der Waals surface area contributed by atoms with Gasteiger partial charge in [0.2, 0.25) is 15.9 Å². The molecule has 5 nitrogen and oxygen atoms in total. The number of primary sulfonamides is 1. The van der Waals surface area contributed by atoms with Gasteiger partial charge in [0.25, 0.3) is 0 Å². The van der Waals surface area contributed by atoms with Gasteiger partial charge < -0.3 is 4.90 Å². The average Bonchev–Trinajstić information content (AvgIpc) is 2.60. The van der Waals surface area contributed by atoms with E-state index in [4.69, 9.17) is 16.7 Å². The molecule has 7 heteroatoms. The van der Waals surface area contributed by atoms with Gasteiger partial charge in [0, 0.05) is 18.5 Å². The van der Waals surface area contributed by atoms with E-state index in [1.807, 2.05) is 32.0 Å². The van der Waals surface area contributed by atoms with Crippen LogP contribution in [-0.2, 0) is 21.2 Å². The van der Waals surface area contributed by atoms with Gasteiger partial charge in [-0.25, -0.2) is 13.6 Å². The molecule has 0 saturated carbocycles. The zero-order chi connectivity index (χ0) is 19.5. The molecule has 2 rings (SSSR count). The lowest BCUT2D eigenvalue weighted by Gasteiger charge is -2.25. The SMILES string of the molecule is Cc1ccc(CCC(=O)N(C)C(C)c2ccc(S(N)(=O)=O)cc2)cc1Cl. The minimum Gasteiger partial charge on any atom is -0.339 e. The smallest absolute Gasteiger partial charge is 0.238 e. The van der Waals surface area contributed by atoms with Gasteiger partial charge in [-0.15, -0.1) is 0 Å². The zero-order valence-corrected chi connectivity index (χ0v) is 16.6. The largest absolute Gasteiger partial charge is 0.339 e. The Morgan fingerprint density at radius 2 is 1.81 bits per heavy atom. The maximum atomic E-state index is 12.5. The molecular weight excluding hydrogens is 372 g/mol. The lowest BCUT2D eigenvalue weighted by molar-refractivity contribution is -0.131. The summed E-state index contributed by atoms with van der Waals surface area (Å²) in [5, 5.41) is 5.80. The molecule has 0 bridgehead atoms. The highest BCUT2D eigenvalue weighted by molar-refractivity contribution is 7.89. The van der Waals surface area contributed by atoms with Gasteiger partial charge in [0.05, 0.1) is 10.9 Å².